The van der Waals surface area contributed by atoms with E-state index >= 15 is 0 Å². The summed E-state index contributed by atoms with van der Waals surface area (Å²) < 4.78 is 20.1. The number of anilines is 1. The summed E-state index contributed by atoms with van der Waals surface area (Å²) in [4.78, 5) is 55.5. The van der Waals surface area contributed by atoms with Crippen molar-refractivity contribution in [1.29, 1.82) is 0 Å². The lowest BCUT2D eigenvalue weighted by Crippen LogP contribution is -2.51. The van der Waals surface area contributed by atoms with Gasteiger partial charge in [-0.1, -0.05) is 54.1 Å². The van der Waals surface area contributed by atoms with Crippen molar-refractivity contribution in [3.63, 3.8) is 0 Å². The molecule has 0 radical (unpaired) electrons. The van der Waals surface area contributed by atoms with Crippen molar-refractivity contribution in [3.05, 3.63) is 100 Å². The van der Waals surface area contributed by atoms with Crippen LogP contribution >= 0.6 is 11.6 Å². The molecule has 0 bridgehead atoms. The first-order chi connectivity index (χ1) is 16.3. The third-order valence-electron chi connectivity index (χ3n) is 6.78. The standard InChI is InChI=1S/C26H15ClFNO5/c27-14-10-8-13(9-11-14)21-19-20(25(33)29(24(19)32)16-5-3-4-15(28)12-16)26(34-21)22(30)17-6-1-2-7-18(17)23(26)31/h1-12,19-21H/t19-,20-,21-/m1/s1. The second-order valence-electron chi connectivity index (χ2n) is 8.52. The minimum absolute atomic E-state index is 0.0322. The lowest BCUT2D eigenvalue weighted by molar-refractivity contribution is -0.127. The first-order valence-corrected chi connectivity index (χ1v) is 11.0. The van der Waals surface area contributed by atoms with Gasteiger partial charge in [-0.05, 0) is 35.9 Å². The van der Waals surface area contributed by atoms with E-state index in [0.29, 0.717) is 10.6 Å². The predicted octanol–water partition coefficient (Wildman–Crippen LogP) is 4.17. The number of fused-ring (bicyclic) bond motifs is 3. The van der Waals surface area contributed by atoms with Gasteiger partial charge in [0.25, 0.3) is 0 Å². The van der Waals surface area contributed by atoms with Crippen LogP contribution in [-0.2, 0) is 14.3 Å². The molecule has 3 aromatic rings. The first-order valence-electron chi connectivity index (χ1n) is 10.6. The van der Waals surface area contributed by atoms with Gasteiger partial charge >= 0.3 is 0 Å². The van der Waals surface area contributed by atoms with Crippen LogP contribution in [0.1, 0.15) is 32.4 Å². The first kappa shape index (κ1) is 20.9. The van der Waals surface area contributed by atoms with Gasteiger partial charge in [0, 0.05) is 16.1 Å². The monoisotopic (exact) mass is 475 g/mol. The number of hydrogen-bond donors (Lipinski definition) is 0. The molecule has 1 aliphatic carbocycles. The fourth-order valence-corrected chi connectivity index (χ4v) is 5.47. The Labute approximate surface area is 197 Å². The van der Waals surface area contributed by atoms with Gasteiger partial charge in [-0.15, -0.1) is 0 Å². The van der Waals surface area contributed by atoms with Gasteiger partial charge in [-0.2, -0.15) is 0 Å². The van der Waals surface area contributed by atoms with Crippen LogP contribution < -0.4 is 4.90 Å². The van der Waals surface area contributed by atoms with Crippen LogP contribution in [0.3, 0.4) is 0 Å². The Morgan fingerprint density at radius 2 is 1.47 bits per heavy atom. The molecule has 168 valence electrons. The summed E-state index contributed by atoms with van der Waals surface area (Å²) in [6.45, 7) is 0. The van der Waals surface area contributed by atoms with Crippen LogP contribution in [-0.4, -0.2) is 29.0 Å². The Hall–Kier alpha value is -3.68. The van der Waals surface area contributed by atoms with Crippen LogP contribution in [0, 0.1) is 17.7 Å². The van der Waals surface area contributed by atoms with E-state index in [-0.39, 0.29) is 16.8 Å². The zero-order chi connectivity index (χ0) is 23.8. The summed E-state index contributed by atoms with van der Waals surface area (Å²) in [7, 11) is 0. The smallest absolute Gasteiger partial charge is 0.241 e. The van der Waals surface area contributed by atoms with E-state index in [0.717, 1.165) is 11.0 Å². The number of imide groups is 1. The quantitative estimate of drug-likeness (QED) is 0.410. The topological polar surface area (TPSA) is 80.8 Å². The highest BCUT2D eigenvalue weighted by molar-refractivity contribution is 6.37. The minimum atomic E-state index is -2.17. The average Bonchev–Trinajstić information content (AvgIpc) is 3.40. The van der Waals surface area contributed by atoms with E-state index in [4.69, 9.17) is 16.3 Å². The molecule has 0 unspecified atom stereocenters. The highest BCUT2D eigenvalue weighted by atomic mass is 35.5. The van der Waals surface area contributed by atoms with Gasteiger partial charge < -0.3 is 4.74 Å². The van der Waals surface area contributed by atoms with Crippen LogP contribution in [0.25, 0.3) is 0 Å². The van der Waals surface area contributed by atoms with Gasteiger partial charge in [-0.25, -0.2) is 9.29 Å². The van der Waals surface area contributed by atoms with Crippen molar-refractivity contribution in [2.75, 3.05) is 4.90 Å². The molecule has 3 aromatic carbocycles. The molecule has 0 N–H and O–H groups in total. The van der Waals surface area contributed by atoms with Crippen molar-refractivity contribution in [3.8, 4) is 0 Å². The second-order valence-corrected chi connectivity index (χ2v) is 8.96. The Morgan fingerprint density at radius 3 is 2.09 bits per heavy atom. The summed E-state index contributed by atoms with van der Waals surface area (Å²) in [6, 6.07) is 17.8. The van der Waals surface area contributed by atoms with Crippen molar-refractivity contribution in [2.24, 2.45) is 11.8 Å². The maximum atomic E-state index is 13.9. The van der Waals surface area contributed by atoms with Crippen molar-refractivity contribution < 1.29 is 28.3 Å². The molecule has 1 spiro atoms. The summed E-state index contributed by atoms with van der Waals surface area (Å²) in [5.41, 5.74) is -1.35. The maximum absolute atomic E-state index is 13.9. The molecule has 2 heterocycles. The van der Waals surface area contributed by atoms with Crippen LogP contribution in [0.15, 0.2) is 72.8 Å². The Kier molecular flexibility index (Phi) is 4.40. The average molecular weight is 476 g/mol. The molecule has 0 saturated carbocycles. The Bertz CT molecular complexity index is 1380. The molecule has 0 aromatic heterocycles. The van der Waals surface area contributed by atoms with Crippen LogP contribution in [0.5, 0.6) is 0 Å². The van der Waals surface area contributed by atoms with E-state index in [1.165, 1.54) is 30.3 Å². The molecule has 6 nitrogen and oxygen atoms in total. The Balaban J connectivity index is 1.55. The van der Waals surface area contributed by atoms with Crippen LogP contribution in [0.2, 0.25) is 5.02 Å². The van der Waals surface area contributed by atoms with Gasteiger partial charge in [0.1, 0.15) is 5.82 Å². The lowest BCUT2D eigenvalue weighted by Gasteiger charge is -2.27. The van der Waals surface area contributed by atoms with Gasteiger partial charge in [0.15, 0.2) is 0 Å². The van der Waals surface area contributed by atoms with Gasteiger partial charge in [0.2, 0.25) is 29.0 Å². The molecular weight excluding hydrogens is 461 g/mol. The molecule has 3 atom stereocenters. The van der Waals surface area contributed by atoms with Crippen molar-refractivity contribution in [1.82, 2.24) is 0 Å². The summed E-state index contributed by atoms with van der Waals surface area (Å²) in [5.74, 6) is -5.91. The number of Topliss-reactive ketones (excluding diaryl/α,β-unsaturated/α-hetero) is 2. The number of carbonyl (C=O) groups is 4. The molecule has 2 amide bonds. The number of amides is 2. The predicted molar refractivity (Wildman–Crippen MR) is 119 cm³/mol. The number of ketones is 2. The van der Waals surface area contributed by atoms with E-state index in [1.807, 2.05) is 0 Å². The van der Waals surface area contributed by atoms with Crippen LogP contribution in [0.4, 0.5) is 10.1 Å². The van der Waals surface area contributed by atoms with Gasteiger partial charge in [0.05, 0.1) is 23.6 Å². The van der Waals surface area contributed by atoms with E-state index in [1.54, 1.807) is 36.4 Å². The minimum Gasteiger partial charge on any atom is -0.349 e. The second kappa shape index (κ2) is 7.16. The molecular formula is C26H15ClFNO5. The van der Waals surface area contributed by atoms with Crippen molar-refractivity contribution in [2.45, 2.75) is 11.7 Å². The van der Waals surface area contributed by atoms with E-state index in [9.17, 15) is 23.6 Å². The molecule has 2 saturated heterocycles. The Morgan fingerprint density at radius 1 is 0.824 bits per heavy atom. The summed E-state index contributed by atoms with van der Waals surface area (Å²) in [5, 5.41) is 0.448. The maximum Gasteiger partial charge on any atom is 0.241 e. The molecule has 8 heteroatoms. The highest BCUT2D eigenvalue weighted by Gasteiger charge is 2.74. The third-order valence-corrected chi connectivity index (χ3v) is 7.04. The molecule has 2 fully saturated rings. The van der Waals surface area contributed by atoms with Crippen molar-refractivity contribution >= 4 is 40.7 Å². The molecule has 3 aliphatic rings. The largest absolute Gasteiger partial charge is 0.349 e. The number of ether oxygens (including phenoxy) is 1. The SMILES string of the molecule is O=C1[C@H]2[C@@H](c3ccc(Cl)cc3)OC3(C(=O)c4ccccc4C3=O)[C@H]2C(=O)N1c1cccc(F)c1. The summed E-state index contributed by atoms with van der Waals surface area (Å²) in [6.07, 6.45) is -1.06. The molecule has 6 rings (SSSR count). The number of rotatable bonds is 2. The fraction of sp³-hybridized carbons (Fsp3) is 0.154. The number of carbonyl (C=O) groups excluding carboxylic acids is 4. The lowest BCUT2D eigenvalue weighted by atomic mass is 9.77. The zero-order valence-corrected chi connectivity index (χ0v) is 18.2. The third kappa shape index (κ3) is 2.59. The van der Waals surface area contributed by atoms with Gasteiger partial charge in [-0.3, -0.25) is 19.2 Å². The summed E-state index contributed by atoms with van der Waals surface area (Å²) >= 11 is 6.01. The number of benzene rings is 3. The molecule has 34 heavy (non-hydrogen) atoms. The number of halogens is 2. The number of nitrogens with zero attached hydrogens (tertiary/aromatic N) is 1. The fourth-order valence-electron chi connectivity index (χ4n) is 5.34. The van der Waals surface area contributed by atoms with E-state index in [2.05, 4.69) is 0 Å². The normalized spacial score (nSPS) is 24.8. The molecule has 2 aliphatic heterocycles. The zero-order valence-electron chi connectivity index (χ0n) is 17.4. The highest BCUT2D eigenvalue weighted by Crippen LogP contribution is 2.57. The van der Waals surface area contributed by atoms with E-state index < -0.39 is 52.7 Å². The number of hydrogen-bond acceptors (Lipinski definition) is 5.